The molecule has 3 aromatic rings. The molecule has 3 nitrogen and oxygen atoms in total. The van der Waals surface area contributed by atoms with Gasteiger partial charge >= 0.3 is 0 Å². The monoisotopic (exact) mass is 397 g/mol. The zero-order chi connectivity index (χ0) is 19.7. The first-order valence-corrected chi connectivity index (χ1v) is 10.0. The summed E-state index contributed by atoms with van der Waals surface area (Å²) in [7, 11) is 2.16. The number of benzene rings is 2. The molecular formula is C23H25ClFN3. The van der Waals surface area contributed by atoms with E-state index in [4.69, 9.17) is 11.6 Å². The normalized spacial score (nSPS) is 15.9. The van der Waals surface area contributed by atoms with E-state index in [1.165, 1.54) is 11.6 Å². The predicted octanol–water partition coefficient (Wildman–Crippen LogP) is 4.99. The molecule has 0 spiro atoms. The fourth-order valence-electron chi connectivity index (χ4n) is 3.88. The molecule has 1 aromatic heterocycles. The second kappa shape index (κ2) is 8.08. The van der Waals surface area contributed by atoms with E-state index in [2.05, 4.69) is 29.8 Å². The Balaban J connectivity index is 1.80. The minimum Gasteiger partial charge on any atom is -0.311 e. The molecule has 0 aliphatic carbocycles. The van der Waals surface area contributed by atoms with E-state index in [-0.39, 0.29) is 5.82 Å². The van der Waals surface area contributed by atoms with Gasteiger partial charge in [0.2, 0.25) is 0 Å². The van der Waals surface area contributed by atoms with Crippen LogP contribution >= 0.6 is 11.6 Å². The lowest BCUT2D eigenvalue weighted by Crippen LogP contribution is -2.43. The van der Waals surface area contributed by atoms with Crippen molar-refractivity contribution >= 4 is 11.6 Å². The molecule has 28 heavy (non-hydrogen) atoms. The molecule has 0 amide bonds. The van der Waals surface area contributed by atoms with Gasteiger partial charge in [0, 0.05) is 49.0 Å². The molecule has 0 atom stereocenters. The molecule has 0 bridgehead atoms. The Hall–Kier alpha value is -2.14. The first kappa shape index (κ1) is 19.2. The number of piperazine rings is 1. The van der Waals surface area contributed by atoms with E-state index in [9.17, 15) is 4.39 Å². The zero-order valence-corrected chi connectivity index (χ0v) is 17.1. The Labute approximate surface area is 171 Å². The van der Waals surface area contributed by atoms with Gasteiger partial charge in [0.05, 0.1) is 11.4 Å². The molecule has 0 unspecified atom stereocenters. The van der Waals surface area contributed by atoms with Crippen LogP contribution in [-0.2, 0) is 6.54 Å². The minimum absolute atomic E-state index is 0.236. The number of hydrogen-bond acceptors (Lipinski definition) is 2. The second-order valence-electron chi connectivity index (χ2n) is 7.49. The summed E-state index contributed by atoms with van der Waals surface area (Å²) < 4.78 is 16.7. The van der Waals surface area contributed by atoms with Crippen LogP contribution in [0.1, 0.15) is 11.3 Å². The number of para-hydroxylation sites is 1. The highest BCUT2D eigenvalue weighted by atomic mass is 35.5. The highest BCUT2D eigenvalue weighted by molar-refractivity contribution is 6.33. The number of aromatic nitrogens is 1. The molecule has 0 radical (unpaired) electrons. The van der Waals surface area contributed by atoms with Crippen molar-refractivity contribution in [3.8, 4) is 16.9 Å². The lowest BCUT2D eigenvalue weighted by molar-refractivity contribution is 0.148. The van der Waals surface area contributed by atoms with Crippen LogP contribution in [0.2, 0.25) is 5.02 Å². The molecule has 4 rings (SSSR count). The van der Waals surface area contributed by atoms with Crippen LogP contribution in [0.3, 0.4) is 0 Å². The van der Waals surface area contributed by atoms with Crippen molar-refractivity contribution in [3.05, 3.63) is 76.7 Å². The molecule has 1 fully saturated rings. The van der Waals surface area contributed by atoms with Crippen molar-refractivity contribution < 1.29 is 4.39 Å². The molecule has 2 aromatic carbocycles. The van der Waals surface area contributed by atoms with Gasteiger partial charge in [-0.3, -0.25) is 4.90 Å². The standard InChI is InChI=1S/C23H25ClFN3/c1-17-18(16-27-13-11-26(2)12-14-27)15-23(19-7-3-4-8-20(19)24)28(17)22-10-6-5-9-21(22)25/h3-10,15H,11-14,16H2,1-2H3. The molecule has 1 aliphatic rings. The van der Waals surface area contributed by atoms with Crippen LogP contribution in [0.25, 0.3) is 16.9 Å². The molecule has 146 valence electrons. The van der Waals surface area contributed by atoms with Crippen LogP contribution < -0.4 is 0 Å². The second-order valence-corrected chi connectivity index (χ2v) is 7.89. The average Bonchev–Trinajstić information content (AvgIpc) is 3.00. The smallest absolute Gasteiger partial charge is 0.147 e. The Kier molecular flexibility index (Phi) is 5.54. The first-order valence-electron chi connectivity index (χ1n) is 9.66. The maximum atomic E-state index is 14.7. The van der Waals surface area contributed by atoms with Crippen molar-refractivity contribution in [2.45, 2.75) is 13.5 Å². The van der Waals surface area contributed by atoms with Crippen LogP contribution in [0.5, 0.6) is 0 Å². The third-order valence-electron chi connectivity index (χ3n) is 5.58. The summed E-state index contributed by atoms with van der Waals surface area (Å²) in [5.41, 5.74) is 4.67. The number of rotatable bonds is 4. The summed E-state index contributed by atoms with van der Waals surface area (Å²) in [6.07, 6.45) is 0. The lowest BCUT2D eigenvalue weighted by atomic mass is 10.1. The third kappa shape index (κ3) is 3.72. The van der Waals surface area contributed by atoms with Crippen LogP contribution in [0.4, 0.5) is 4.39 Å². The summed E-state index contributed by atoms with van der Waals surface area (Å²) in [5.74, 6) is -0.236. The molecular weight excluding hydrogens is 373 g/mol. The Morgan fingerprint density at radius 3 is 2.36 bits per heavy atom. The van der Waals surface area contributed by atoms with Crippen LogP contribution in [-0.4, -0.2) is 47.6 Å². The van der Waals surface area contributed by atoms with Gasteiger partial charge in [0.15, 0.2) is 0 Å². The average molecular weight is 398 g/mol. The van der Waals surface area contributed by atoms with Gasteiger partial charge in [-0.1, -0.05) is 41.9 Å². The third-order valence-corrected chi connectivity index (χ3v) is 5.91. The fraction of sp³-hybridized carbons (Fsp3) is 0.304. The topological polar surface area (TPSA) is 11.4 Å². The Morgan fingerprint density at radius 1 is 0.964 bits per heavy atom. The van der Waals surface area contributed by atoms with Crippen LogP contribution in [0, 0.1) is 12.7 Å². The molecule has 1 saturated heterocycles. The zero-order valence-electron chi connectivity index (χ0n) is 16.3. The number of hydrogen-bond donors (Lipinski definition) is 0. The van der Waals surface area contributed by atoms with E-state index >= 15 is 0 Å². The van der Waals surface area contributed by atoms with Gasteiger partial charge < -0.3 is 9.47 Å². The van der Waals surface area contributed by atoms with E-state index in [1.807, 2.05) is 41.0 Å². The minimum atomic E-state index is -0.236. The summed E-state index contributed by atoms with van der Waals surface area (Å²) in [4.78, 5) is 4.81. The molecule has 1 aliphatic heterocycles. The number of nitrogens with zero attached hydrogens (tertiary/aromatic N) is 3. The van der Waals surface area contributed by atoms with Gasteiger partial charge in [-0.2, -0.15) is 0 Å². The SMILES string of the molecule is Cc1c(CN2CCN(C)CC2)cc(-c2ccccc2Cl)n1-c1ccccc1F. The number of halogens is 2. The maximum Gasteiger partial charge on any atom is 0.147 e. The predicted molar refractivity (Wildman–Crippen MR) is 114 cm³/mol. The lowest BCUT2D eigenvalue weighted by Gasteiger charge is -2.32. The Morgan fingerprint density at radius 2 is 1.64 bits per heavy atom. The fourth-order valence-corrected chi connectivity index (χ4v) is 4.11. The van der Waals surface area contributed by atoms with Crippen molar-refractivity contribution in [1.82, 2.24) is 14.4 Å². The summed E-state index contributed by atoms with van der Waals surface area (Å²) in [6, 6.07) is 16.8. The van der Waals surface area contributed by atoms with Crippen LogP contribution in [0.15, 0.2) is 54.6 Å². The van der Waals surface area contributed by atoms with Gasteiger partial charge in [-0.25, -0.2) is 4.39 Å². The summed E-state index contributed by atoms with van der Waals surface area (Å²) in [6.45, 7) is 7.16. The largest absolute Gasteiger partial charge is 0.311 e. The van der Waals surface area contributed by atoms with Crippen molar-refractivity contribution in [3.63, 3.8) is 0 Å². The van der Waals surface area contributed by atoms with Gasteiger partial charge in [-0.15, -0.1) is 0 Å². The van der Waals surface area contributed by atoms with Crippen molar-refractivity contribution in [1.29, 1.82) is 0 Å². The highest BCUT2D eigenvalue weighted by Crippen LogP contribution is 2.34. The van der Waals surface area contributed by atoms with Gasteiger partial charge in [0.25, 0.3) is 0 Å². The number of likely N-dealkylation sites (N-methyl/N-ethyl adjacent to an activating group) is 1. The van der Waals surface area contributed by atoms with Gasteiger partial charge in [-0.05, 0) is 43.8 Å². The van der Waals surface area contributed by atoms with E-state index in [1.54, 1.807) is 6.07 Å². The van der Waals surface area contributed by atoms with E-state index in [0.29, 0.717) is 10.7 Å². The molecule has 0 N–H and O–H groups in total. The van der Waals surface area contributed by atoms with Crippen molar-refractivity contribution in [2.24, 2.45) is 0 Å². The van der Waals surface area contributed by atoms with Crippen molar-refractivity contribution in [2.75, 3.05) is 33.2 Å². The van der Waals surface area contributed by atoms with E-state index < -0.39 is 0 Å². The Bertz CT molecular complexity index is 974. The van der Waals surface area contributed by atoms with E-state index in [0.717, 1.165) is 49.7 Å². The highest BCUT2D eigenvalue weighted by Gasteiger charge is 2.21. The maximum absolute atomic E-state index is 14.7. The van der Waals surface area contributed by atoms with Gasteiger partial charge in [0.1, 0.15) is 5.82 Å². The molecule has 0 saturated carbocycles. The first-order chi connectivity index (χ1) is 13.5. The molecule has 5 heteroatoms. The molecule has 2 heterocycles. The quantitative estimate of drug-likeness (QED) is 0.614. The summed E-state index contributed by atoms with van der Waals surface area (Å²) in [5, 5.41) is 0.670. The summed E-state index contributed by atoms with van der Waals surface area (Å²) >= 11 is 6.50.